The van der Waals surface area contributed by atoms with Crippen molar-refractivity contribution in [1.82, 2.24) is 9.78 Å². The fraction of sp³-hybridized carbons (Fsp3) is 0.571. The molecule has 4 rings (SSSR count). The van der Waals surface area contributed by atoms with Gasteiger partial charge in [-0.15, -0.1) is 0 Å². The van der Waals surface area contributed by atoms with E-state index in [-0.39, 0.29) is 29.8 Å². The van der Waals surface area contributed by atoms with Crippen LogP contribution in [0.25, 0.3) is 0 Å². The number of pyridine rings is 1. The minimum Gasteiger partial charge on any atom is -0.618 e. The third kappa shape index (κ3) is 4.77. The van der Waals surface area contributed by atoms with E-state index in [1.807, 2.05) is 0 Å². The van der Waals surface area contributed by atoms with Crippen molar-refractivity contribution in [3.8, 4) is 0 Å². The minimum absolute atomic E-state index is 0.154. The Labute approximate surface area is 203 Å². The van der Waals surface area contributed by atoms with Gasteiger partial charge in [0.15, 0.2) is 6.20 Å². The number of ether oxygens (including phenoxy) is 1. The summed E-state index contributed by atoms with van der Waals surface area (Å²) in [5.74, 6) is -4.22. The molecule has 2 heterocycles. The predicted octanol–water partition coefficient (Wildman–Crippen LogP) is 3.89. The lowest BCUT2D eigenvalue weighted by Gasteiger charge is -2.44. The zero-order chi connectivity index (χ0) is 26.9. The summed E-state index contributed by atoms with van der Waals surface area (Å²) in [4.78, 5) is 13.3. The van der Waals surface area contributed by atoms with E-state index in [0.29, 0.717) is 0 Å². The molecule has 0 aliphatic heterocycles. The van der Waals surface area contributed by atoms with Gasteiger partial charge >= 0.3 is 6.18 Å². The topological polar surface area (TPSA) is 124 Å². The van der Waals surface area contributed by atoms with Gasteiger partial charge in [0.25, 0.3) is 10.9 Å². The van der Waals surface area contributed by atoms with Crippen molar-refractivity contribution in [3.05, 3.63) is 40.5 Å². The summed E-state index contributed by atoms with van der Waals surface area (Å²) in [6.07, 6.45) is -3.88. The van der Waals surface area contributed by atoms with Gasteiger partial charge in [-0.25, -0.2) is 17.8 Å². The fourth-order valence-electron chi connectivity index (χ4n) is 4.73. The summed E-state index contributed by atoms with van der Waals surface area (Å²) in [5.41, 5.74) is -5.33. The molecule has 0 radical (unpaired) electrons. The number of amides is 1. The zero-order valence-electron chi connectivity index (χ0n) is 19.5. The fourth-order valence-corrected chi connectivity index (χ4v) is 5.49. The van der Waals surface area contributed by atoms with Crippen LogP contribution in [0.5, 0.6) is 0 Å². The quantitative estimate of drug-likeness (QED) is 0.315. The molecular formula is C21H24F5N5O4S. The molecule has 2 fully saturated rings. The number of hydrogen-bond acceptors (Lipinski definition) is 6. The number of halogens is 5. The molecule has 2 saturated carbocycles. The second kappa shape index (κ2) is 8.10. The second-order valence-corrected chi connectivity index (χ2v) is 11.9. The summed E-state index contributed by atoms with van der Waals surface area (Å²) in [7, 11) is -2.29. The van der Waals surface area contributed by atoms with E-state index in [0.717, 1.165) is 29.3 Å². The normalized spacial score (nSPS) is 21.3. The van der Waals surface area contributed by atoms with Gasteiger partial charge < -0.3 is 15.3 Å². The van der Waals surface area contributed by atoms with Crippen LogP contribution < -0.4 is 10.0 Å². The van der Waals surface area contributed by atoms with Crippen LogP contribution in [-0.2, 0) is 32.8 Å². The van der Waals surface area contributed by atoms with Crippen LogP contribution in [-0.4, -0.2) is 39.2 Å². The van der Waals surface area contributed by atoms with Gasteiger partial charge in [0, 0.05) is 44.9 Å². The Morgan fingerprint density at radius 1 is 1.36 bits per heavy atom. The number of aromatic nitrogens is 3. The standard InChI is InChI=1S/C21H24F5N5O4S/c1-18(9-20(22,23)10-18)11-30-15(14(21(24,25)26)16(29-30)19(35-2)5-6-19)17(32)28-12-4-7-31(33)13(8-12)36(3,27)34/h4,7-8,27H,5-6,9-11H2,1-3H3,(H,28,32). The highest BCUT2D eigenvalue weighted by atomic mass is 32.2. The highest BCUT2D eigenvalue weighted by molar-refractivity contribution is 7.91. The van der Waals surface area contributed by atoms with E-state index in [2.05, 4.69) is 10.4 Å². The van der Waals surface area contributed by atoms with E-state index in [1.54, 1.807) is 0 Å². The van der Waals surface area contributed by atoms with Crippen molar-refractivity contribution >= 4 is 21.3 Å². The molecule has 0 spiro atoms. The molecule has 0 aromatic carbocycles. The Hall–Kier alpha value is -2.81. The van der Waals surface area contributed by atoms with Crippen LogP contribution in [0, 0.1) is 15.4 Å². The van der Waals surface area contributed by atoms with Crippen LogP contribution in [0.4, 0.5) is 27.6 Å². The molecule has 2 N–H and O–H groups in total. The lowest BCUT2D eigenvalue weighted by molar-refractivity contribution is -0.646. The molecule has 2 aliphatic carbocycles. The molecular weight excluding hydrogens is 513 g/mol. The van der Waals surface area contributed by atoms with Gasteiger partial charge in [0.05, 0.1) is 5.69 Å². The third-order valence-corrected chi connectivity index (χ3v) is 7.52. The first kappa shape index (κ1) is 26.3. The lowest BCUT2D eigenvalue weighted by atomic mass is 9.67. The first-order valence-corrected chi connectivity index (χ1v) is 12.8. The van der Waals surface area contributed by atoms with Crippen molar-refractivity contribution < 1.29 is 40.4 Å². The number of carbonyl (C=O) groups excluding carboxylic acids is 1. The molecule has 1 unspecified atom stereocenters. The molecule has 2 aromatic rings. The summed E-state index contributed by atoms with van der Waals surface area (Å²) >= 11 is 0. The average molecular weight is 538 g/mol. The monoisotopic (exact) mass is 537 g/mol. The number of nitrogens with zero attached hydrogens (tertiary/aromatic N) is 3. The maximum Gasteiger partial charge on any atom is 0.420 e. The molecule has 9 nitrogen and oxygen atoms in total. The van der Waals surface area contributed by atoms with Crippen molar-refractivity contribution in [2.24, 2.45) is 5.41 Å². The molecule has 198 valence electrons. The van der Waals surface area contributed by atoms with E-state index < -0.39 is 73.6 Å². The maximum absolute atomic E-state index is 14.3. The number of methoxy groups -OCH3 is 1. The van der Waals surface area contributed by atoms with E-state index in [1.165, 1.54) is 14.0 Å². The molecule has 15 heteroatoms. The van der Waals surface area contributed by atoms with E-state index >= 15 is 0 Å². The Morgan fingerprint density at radius 2 is 1.97 bits per heavy atom. The lowest BCUT2D eigenvalue weighted by Crippen LogP contribution is -2.47. The smallest absolute Gasteiger partial charge is 0.420 e. The van der Waals surface area contributed by atoms with Gasteiger partial charge in [-0.05, 0) is 18.3 Å². The van der Waals surface area contributed by atoms with Crippen molar-refractivity contribution in [2.45, 2.75) is 61.9 Å². The Balaban J connectivity index is 1.81. The molecule has 1 atom stereocenters. The summed E-state index contributed by atoms with van der Waals surface area (Å²) < 4.78 is 96.1. The van der Waals surface area contributed by atoms with Gasteiger partial charge in [0.1, 0.15) is 32.3 Å². The van der Waals surface area contributed by atoms with Crippen LogP contribution in [0.1, 0.15) is 54.4 Å². The summed E-state index contributed by atoms with van der Waals surface area (Å²) in [6, 6.07) is 2.00. The Kier molecular flexibility index (Phi) is 5.91. The van der Waals surface area contributed by atoms with Crippen LogP contribution in [0.15, 0.2) is 23.4 Å². The second-order valence-electron chi connectivity index (χ2n) is 9.82. The van der Waals surface area contributed by atoms with Crippen molar-refractivity contribution in [3.63, 3.8) is 0 Å². The zero-order valence-corrected chi connectivity index (χ0v) is 20.4. The molecule has 2 aromatic heterocycles. The number of carbonyl (C=O) groups is 1. The van der Waals surface area contributed by atoms with Crippen LogP contribution in [0.2, 0.25) is 0 Å². The largest absolute Gasteiger partial charge is 0.618 e. The SMILES string of the molecule is COC1(c2nn(CC3(C)CC(F)(F)C3)c(C(=O)Nc3cc[n+]([O-])c(S(C)(=N)=O)c3)c2C(F)(F)F)CC1. The molecule has 1 amide bonds. The van der Waals surface area contributed by atoms with Gasteiger partial charge in [-0.2, -0.15) is 23.0 Å². The van der Waals surface area contributed by atoms with E-state index in [4.69, 9.17) is 9.52 Å². The number of hydrogen-bond donors (Lipinski definition) is 2. The van der Waals surface area contributed by atoms with Crippen LogP contribution in [0.3, 0.4) is 0 Å². The molecule has 36 heavy (non-hydrogen) atoms. The summed E-state index contributed by atoms with van der Waals surface area (Å²) in [6.45, 7) is 1.11. The molecule has 0 bridgehead atoms. The van der Waals surface area contributed by atoms with Crippen LogP contribution >= 0.6 is 0 Å². The number of nitrogens with one attached hydrogen (secondary N) is 2. The highest BCUT2D eigenvalue weighted by Gasteiger charge is 2.57. The highest BCUT2D eigenvalue weighted by Crippen LogP contribution is 2.55. The number of anilines is 1. The summed E-state index contributed by atoms with van der Waals surface area (Å²) in [5, 5.41) is 17.7. The third-order valence-electron chi connectivity index (χ3n) is 6.42. The van der Waals surface area contributed by atoms with Crippen molar-refractivity contribution in [2.75, 3.05) is 18.7 Å². The van der Waals surface area contributed by atoms with Gasteiger partial charge in [-0.3, -0.25) is 9.48 Å². The first-order valence-electron chi connectivity index (χ1n) is 10.8. The van der Waals surface area contributed by atoms with Gasteiger partial charge in [0.2, 0.25) is 5.92 Å². The number of rotatable bonds is 7. The Morgan fingerprint density at radius 3 is 2.44 bits per heavy atom. The minimum atomic E-state index is -5.03. The average Bonchev–Trinajstić information content (AvgIpc) is 3.40. The van der Waals surface area contributed by atoms with Gasteiger partial charge in [-0.1, -0.05) is 6.92 Å². The maximum atomic E-state index is 14.3. The molecule has 2 aliphatic rings. The first-order chi connectivity index (χ1) is 16.4. The van der Waals surface area contributed by atoms with Crippen molar-refractivity contribution in [1.29, 1.82) is 4.78 Å². The molecule has 0 saturated heterocycles. The number of alkyl halides is 5. The Bertz CT molecular complexity index is 1330. The van der Waals surface area contributed by atoms with E-state index in [9.17, 15) is 36.2 Å². The predicted molar refractivity (Wildman–Crippen MR) is 116 cm³/mol.